The second-order valence-electron chi connectivity index (χ2n) is 6.27. The lowest BCUT2D eigenvalue weighted by atomic mass is 9.80. The Kier molecular flexibility index (Phi) is 5.08. The molecule has 1 heterocycles. The summed E-state index contributed by atoms with van der Waals surface area (Å²) in [5.74, 6) is 0.956. The van der Waals surface area contributed by atoms with Gasteiger partial charge in [0.05, 0.1) is 0 Å². The molecule has 1 aliphatic carbocycles. The van der Waals surface area contributed by atoms with Crippen molar-refractivity contribution < 1.29 is 0 Å². The van der Waals surface area contributed by atoms with E-state index < -0.39 is 0 Å². The molecule has 2 aliphatic rings. The Balaban J connectivity index is 2.13. The average Bonchev–Trinajstić information content (AvgIpc) is 3.09. The molecule has 0 aromatic rings. The SMILES string of the molecule is CCCNC(C1CC1)C(CC)(CC)N1CCCC1. The lowest BCUT2D eigenvalue weighted by Gasteiger charge is -2.47. The Morgan fingerprint density at radius 2 is 1.72 bits per heavy atom. The smallest absolute Gasteiger partial charge is 0.0359 e. The van der Waals surface area contributed by atoms with Crippen LogP contribution in [-0.2, 0) is 0 Å². The maximum Gasteiger partial charge on any atom is 0.0359 e. The van der Waals surface area contributed by atoms with E-state index in [4.69, 9.17) is 0 Å². The minimum absolute atomic E-state index is 0.437. The van der Waals surface area contributed by atoms with Crippen molar-refractivity contribution in [3.63, 3.8) is 0 Å². The first-order chi connectivity index (χ1) is 8.78. The summed E-state index contributed by atoms with van der Waals surface area (Å²) in [6.07, 6.45) is 9.60. The highest BCUT2D eigenvalue weighted by Crippen LogP contribution is 2.43. The van der Waals surface area contributed by atoms with Crippen molar-refractivity contribution in [2.75, 3.05) is 19.6 Å². The molecule has 1 N–H and O–H groups in total. The first kappa shape index (κ1) is 14.3. The third kappa shape index (κ3) is 2.75. The standard InChI is InChI=1S/C16H32N2/c1-4-11-17-15(14-9-10-14)16(5-2,6-3)18-12-7-8-13-18/h14-15,17H,4-13H2,1-3H3. The summed E-state index contributed by atoms with van der Waals surface area (Å²) < 4.78 is 0. The van der Waals surface area contributed by atoms with Gasteiger partial charge < -0.3 is 5.32 Å². The van der Waals surface area contributed by atoms with Crippen LogP contribution in [0.5, 0.6) is 0 Å². The Morgan fingerprint density at radius 1 is 1.11 bits per heavy atom. The normalized spacial score (nSPS) is 23.5. The van der Waals surface area contributed by atoms with Gasteiger partial charge in [-0.2, -0.15) is 0 Å². The Labute approximate surface area is 114 Å². The highest BCUT2D eigenvalue weighted by Gasteiger charge is 2.48. The first-order valence-electron chi connectivity index (χ1n) is 8.27. The van der Waals surface area contributed by atoms with Gasteiger partial charge in [-0.05, 0) is 70.5 Å². The van der Waals surface area contributed by atoms with Crippen LogP contribution in [0.2, 0.25) is 0 Å². The van der Waals surface area contributed by atoms with E-state index in [1.807, 2.05) is 0 Å². The Bertz CT molecular complexity index is 237. The van der Waals surface area contributed by atoms with Crippen LogP contribution in [-0.4, -0.2) is 36.1 Å². The molecule has 2 heteroatoms. The minimum Gasteiger partial charge on any atom is -0.312 e. The van der Waals surface area contributed by atoms with E-state index in [2.05, 4.69) is 31.0 Å². The van der Waals surface area contributed by atoms with Crippen molar-refractivity contribution in [2.45, 2.75) is 77.3 Å². The molecule has 0 radical (unpaired) electrons. The van der Waals surface area contributed by atoms with Crippen molar-refractivity contribution >= 4 is 0 Å². The molecule has 2 fully saturated rings. The van der Waals surface area contributed by atoms with E-state index in [9.17, 15) is 0 Å². The van der Waals surface area contributed by atoms with Gasteiger partial charge in [-0.1, -0.05) is 20.8 Å². The molecule has 2 nitrogen and oxygen atoms in total. The molecular weight excluding hydrogens is 220 g/mol. The van der Waals surface area contributed by atoms with Crippen LogP contribution in [0.25, 0.3) is 0 Å². The predicted octanol–water partition coefficient (Wildman–Crippen LogP) is 3.42. The summed E-state index contributed by atoms with van der Waals surface area (Å²) in [6.45, 7) is 11.0. The van der Waals surface area contributed by atoms with Gasteiger partial charge in [-0.15, -0.1) is 0 Å². The monoisotopic (exact) mass is 252 g/mol. The fraction of sp³-hybridized carbons (Fsp3) is 1.00. The zero-order valence-electron chi connectivity index (χ0n) is 12.7. The number of hydrogen-bond acceptors (Lipinski definition) is 2. The van der Waals surface area contributed by atoms with E-state index in [0.717, 1.165) is 12.0 Å². The number of nitrogens with zero attached hydrogens (tertiary/aromatic N) is 1. The zero-order chi connectivity index (χ0) is 13.0. The van der Waals surface area contributed by atoms with Crippen LogP contribution in [0.4, 0.5) is 0 Å². The van der Waals surface area contributed by atoms with Crippen LogP contribution in [0.1, 0.15) is 65.7 Å². The van der Waals surface area contributed by atoms with Gasteiger partial charge in [-0.3, -0.25) is 4.90 Å². The fourth-order valence-corrected chi connectivity index (χ4v) is 4.02. The van der Waals surface area contributed by atoms with Crippen molar-refractivity contribution in [2.24, 2.45) is 5.92 Å². The van der Waals surface area contributed by atoms with Gasteiger partial charge in [-0.25, -0.2) is 0 Å². The van der Waals surface area contributed by atoms with Crippen LogP contribution in [0.3, 0.4) is 0 Å². The van der Waals surface area contributed by atoms with Crippen LogP contribution < -0.4 is 5.32 Å². The van der Waals surface area contributed by atoms with Crippen LogP contribution in [0.15, 0.2) is 0 Å². The molecule has 106 valence electrons. The van der Waals surface area contributed by atoms with Crippen molar-refractivity contribution in [3.8, 4) is 0 Å². The molecule has 18 heavy (non-hydrogen) atoms. The van der Waals surface area contributed by atoms with Gasteiger partial charge in [0.2, 0.25) is 0 Å². The third-order valence-corrected chi connectivity index (χ3v) is 5.25. The quantitative estimate of drug-likeness (QED) is 0.712. The summed E-state index contributed by atoms with van der Waals surface area (Å²) in [4.78, 5) is 2.82. The van der Waals surface area contributed by atoms with Gasteiger partial charge in [0, 0.05) is 11.6 Å². The zero-order valence-corrected chi connectivity index (χ0v) is 12.7. The highest BCUT2D eigenvalue weighted by atomic mass is 15.2. The molecule has 0 amide bonds. The largest absolute Gasteiger partial charge is 0.312 e. The lowest BCUT2D eigenvalue weighted by Crippen LogP contribution is -2.61. The first-order valence-corrected chi connectivity index (χ1v) is 8.27. The van der Waals surface area contributed by atoms with E-state index in [-0.39, 0.29) is 0 Å². The summed E-state index contributed by atoms with van der Waals surface area (Å²) >= 11 is 0. The van der Waals surface area contributed by atoms with Crippen LogP contribution in [0, 0.1) is 5.92 Å². The Hall–Kier alpha value is -0.0800. The number of nitrogens with one attached hydrogen (secondary N) is 1. The molecule has 1 saturated carbocycles. The predicted molar refractivity (Wildman–Crippen MR) is 78.9 cm³/mol. The molecule has 2 rings (SSSR count). The number of hydrogen-bond donors (Lipinski definition) is 1. The maximum atomic E-state index is 3.91. The number of likely N-dealkylation sites (tertiary alicyclic amines) is 1. The van der Waals surface area contributed by atoms with E-state index >= 15 is 0 Å². The van der Waals surface area contributed by atoms with Gasteiger partial charge in [0.15, 0.2) is 0 Å². The lowest BCUT2D eigenvalue weighted by molar-refractivity contribution is 0.0533. The molecule has 0 aromatic heterocycles. The van der Waals surface area contributed by atoms with Crippen molar-refractivity contribution in [3.05, 3.63) is 0 Å². The molecule has 0 spiro atoms. The summed E-state index contributed by atoms with van der Waals surface area (Å²) in [5, 5.41) is 3.91. The summed E-state index contributed by atoms with van der Waals surface area (Å²) in [7, 11) is 0. The Morgan fingerprint density at radius 3 is 2.17 bits per heavy atom. The molecule has 1 unspecified atom stereocenters. The second-order valence-corrected chi connectivity index (χ2v) is 6.27. The summed E-state index contributed by atoms with van der Waals surface area (Å²) in [6, 6.07) is 0.741. The fourth-order valence-electron chi connectivity index (χ4n) is 4.02. The molecule has 1 saturated heterocycles. The average molecular weight is 252 g/mol. The molecule has 1 atom stereocenters. The molecule has 0 aromatic carbocycles. The topological polar surface area (TPSA) is 15.3 Å². The summed E-state index contributed by atoms with van der Waals surface area (Å²) in [5.41, 5.74) is 0.437. The van der Waals surface area contributed by atoms with Crippen LogP contribution >= 0.6 is 0 Å². The third-order valence-electron chi connectivity index (χ3n) is 5.25. The van der Waals surface area contributed by atoms with E-state index in [1.54, 1.807) is 0 Å². The van der Waals surface area contributed by atoms with Crippen molar-refractivity contribution in [1.82, 2.24) is 10.2 Å². The molecular formula is C16H32N2. The highest BCUT2D eigenvalue weighted by molar-refractivity contribution is 5.06. The minimum atomic E-state index is 0.437. The van der Waals surface area contributed by atoms with E-state index in [0.29, 0.717) is 5.54 Å². The van der Waals surface area contributed by atoms with Gasteiger partial charge >= 0.3 is 0 Å². The molecule has 0 bridgehead atoms. The molecule has 1 aliphatic heterocycles. The maximum absolute atomic E-state index is 3.91. The van der Waals surface area contributed by atoms with Gasteiger partial charge in [0.1, 0.15) is 0 Å². The second kappa shape index (κ2) is 6.38. The number of rotatable bonds is 8. The van der Waals surface area contributed by atoms with Gasteiger partial charge in [0.25, 0.3) is 0 Å². The van der Waals surface area contributed by atoms with E-state index in [1.165, 1.54) is 64.6 Å². The van der Waals surface area contributed by atoms with Crippen molar-refractivity contribution in [1.29, 1.82) is 0 Å².